The van der Waals surface area contributed by atoms with Crippen molar-refractivity contribution in [1.29, 1.82) is 0 Å². The molecule has 0 aliphatic carbocycles. The third kappa shape index (κ3) is 4.57. The quantitative estimate of drug-likeness (QED) is 0.466. The summed E-state index contributed by atoms with van der Waals surface area (Å²) in [6.45, 7) is 3.24. The minimum Gasteiger partial charge on any atom is -0.497 e. The van der Waals surface area contributed by atoms with E-state index in [2.05, 4.69) is 12.2 Å². The van der Waals surface area contributed by atoms with Crippen LogP contribution < -0.4 is 15.0 Å². The van der Waals surface area contributed by atoms with E-state index in [0.29, 0.717) is 42.9 Å². The maximum atomic E-state index is 13.3. The number of anilines is 2. The maximum Gasteiger partial charge on any atom is 0.258 e. The minimum absolute atomic E-state index is 0.0100. The number of hydrogen-bond acceptors (Lipinski definition) is 5. The summed E-state index contributed by atoms with van der Waals surface area (Å²) in [4.78, 5) is 28.3. The molecule has 1 saturated heterocycles. The third-order valence-electron chi connectivity index (χ3n) is 7.23. The first-order valence-corrected chi connectivity index (χ1v) is 14.1. The van der Waals surface area contributed by atoms with E-state index in [1.807, 2.05) is 35.2 Å². The summed E-state index contributed by atoms with van der Waals surface area (Å²) >= 11 is 0. The van der Waals surface area contributed by atoms with Crippen LogP contribution in [0.4, 0.5) is 11.4 Å². The van der Waals surface area contributed by atoms with Crippen LogP contribution in [0.3, 0.4) is 0 Å². The highest BCUT2D eigenvalue weighted by molar-refractivity contribution is 7.89. The Morgan fingerprint density at radius 1 is 1.11 bits per heavy atom. The molecular weight excluding hydrogens is 490 g/mol. The third-order valence-corrected chi connectivity index (χ3v) is 9.11. The Morgan fingerprint density at radius 3 is 2.62 bits per heavy atom. The normalized spacial score (nSPS) is 17.8. The predicted molar refractivity (Wildman–Crippen MR) is 144 cm³/mol. The molecular formula is C28H31N3O5S. The molecule has 8 nitrogen and oxygen atoms in total. The SMILES string of the molecule is CCCCN1C(=O)c2cccc3c(NC(=O)C4CCCN(S(=O)(=O)c5ccc(OC)cc5)C4)ccc1c23. The summed E-state index contributed by atoms with van der Waals surface area (Å²) < 4.78 is 33.0. The monoisotopic (exact) mass is 521 g/mol. The number of amides is 2. The molecule has 1 unspecified atom stereocenters. The molecule has 2 aliphatic heterocycles. The Hall–Kier alpha value is -3.43. The Bertz CT molecular complexity index is 1450. The minimum atomic E-state index is -3.73. The topological polar surface area (TPSA) is 96.0 Å². The zero-order chi connectivity index (χ0) is 26.2. The van der Waals surface area contributed by atoms with Gasteiger partial charge in [0.1, 0.15) is 5.75 Å². The van der Waals surface area contributed by atoms with Gasteiger partial charge in [-0.15, -0.1) is 0 Å². The second-order valence-corrected chi connectivity index (χ2v) is 11.5. The van der Waals surface area contributed by atoms with Gasteiger partial charge < -0.3 is 15.0 Å². The zero-order valence-electron chi connectivity index (χ0n) is 21.1. The van der Waals surface area contributed by atoms with Crippen LogP contribution >= 0.6 is 0 Å². The van der Waals surface area contributed by atoms with Crippen molar-refractivity contribution in [2.24, 2.45) is 5.92 Å². The second kappa shape index (κ2) is 10.1. The molecule has 2 heterocycles. The molecule has 1 fully saturated rings. The van der Waals surface area contributed by atoms with Crippen molar-refractivity contribution in [3.8, 4) is 5.75 Å². The molecule has 5 rings (SSSR count). The van der Waals surface area contributed by atoms with Gasteiger partial charge in [0.2, 0.25) is 15.9 Å². The average Bonchev–Trinajstić information content (AvgIpc) is 3.20. The first kappa shape index (κ1) is 25.2. The van der Waals surface area contributed by atoms with Crippen molar-refractivity contribution < 1.29 is 22.7 Å². The van der Waals surface area contributed by atoms with Gasteiger partial charge in [0, 0.05) is 41.7 Å². The Labute approximate surface area is 217 Å². The van der Waals surface area contributed by atoms with Crippen LogP contribution in [0.5, 0.6) is 5.75 Å². The summed E-state index contributed by atoms with van der Waals surface area (Å²) in [5.41, 5.74) is 2.15. The predicted octanol–water partition coefficient (Wildman–Crippen LogP) is 4.65. The van der Waals surface area contributed by atoms with Crippen LogP contribution in [-0.4, -0.2) is 51.3 Å². The van der Waals surface area contributed by atoms with Gasteiger partial charge in [-0.1, -0.05) is 25.5 Å². The number of carbonyl (C=O) groups is 2. The van der Waals surface area contributed by atoms with Crippen molar-refractivity contribution in [1.82, 2.24) is 4.31 Å². The number of methoxy groups -OCH3 is 1. The van der Waals surface area contributed by atoms with Crippen LogP contribution in [0.15, 0.2) is 59.5 Å². The lowest BCUT2D eigenvalue weighted by Gasteiger charge is -2.31. The molecule has 2 aliphatic rings. The van der Waals surface area contributed by atoms with Gasteiger partial charge in [0.05, 0.1) is 23.6 Å². The summed E-state index contributed by atoms with van der Waals surface area (Å²) in [5, 5.41) is 4.70. The van der Waals surface area contributed by atoms with E-state index < -0.39 is 15.9 Å². The highest BCUT2D eigenvalue weighted by Crippen LogP contribution is 2.41. The van der Waals surface area contributed by atoms with Gasteiger partial charge in [-0.05, 0) is 61.7 Å². The average molecular weight is 522 g/mol. The molecule has 9 heteroatoms. The number of ether oxygens (including phenoxy) is 1. The van der Waals surface area contributed by atoms with Gasteiger partial charge >= 0.3 is 0 Å². The van der Waals surface area contributed by atoms with Gasteiger partial charge in [-0.3, -0.25) is 9.59 Å². The molecule has 0 radical (unpaired) electrons. The van der Waals surface area contributed by atoms with E-state index in [4.69, 9.17) is 4.74 Å². The number of benzene rings is 3. The van der Waals surface area contributed by atoms with E-state index in [1.54, 1.807) is 12.1 Å². The van der Waals surface area contributed by atoms with E-state index in [-0.39, 0.29) is 23.3 Å². The van der Waals surface area contributed by atoms with Crippen LogP contribution in [0.1, 0.15) is 43.0 Å². The standard InChI is InChI=1S/C28H31N3O5S/c1-3-4-17-31-25-15-14-24(22-8-5-9-23(26(22)25)28(31)33)29-27(32)19-7-6-16-30(18-19)37(34,35)21-12-10-20(36-2)11-13-21/h5,8-15,19H,3-4,6-7,16-18H2,1-2H3,(H,29,32). The van der Waals surface area contributed by atoms with Crippen LogP contribution in [0, 0.1) is 5.92 Å². The largest absolute Gasteiger partial charge is 0.497 e. The number of nitrogens with zero attached hydrogens (tertiary/aromatic N) is 2. The van der Waals surface area contributed by atoms with Crippen molar-refractivity contribution in [2.45, 2.75) is 37.5 Å². The number of sulfonamides is 1. The van der Waals surface area contributed by atoms with E-state index in [1.165, 1.54) is 23.5 Å². The fourth-order valence-electron chi connectivity index (χ4n) is 5.20. The van der Waals surface area contributed by atoms with E-state index in [9.17, 15) is 18.0 Å². The Kier molecular flexibility index (Phi) is 6.92. The van der Waals surface area contributed by atoms with Gasteiger partial charge in [-0.2, -0.15) is 4.31 Å². The molecule has 194 valence electrons. The number of piperidine rings is 1. The lowest BCUT2D eigenvalue weighted by molar-refractivity contribution is -0.120. The first-order chi connectivity index (χ1) is 17.8. The molecule has 1 atom stereocenters. The molecule has 3 aromatic rings. The number of hydrogen-bond donors (Lipinski definition) is 1. The molecule has 3 aromatic carbocycles. The van der Waals surface area contributed by atoms with Gasteiger partial charge in [-0.25, -0.2) is 8.42 Å². The summed E-state index contributed by atoms with van der Waals surface area (Å²) in [6, 6.07) is 15.6. The maximum absolute atomic E-state index is 13.3. The molecule has 0 saturated carbocycles. The lowest BCUT2D eigenvalue weighted by atomic mass is 9.98. The lowest BCUT2D eigenvalue weighted by Crippen LogP contribution is -2.43. The van der Waals surface area contributed by atoms with Gasteiger partial charge in [0.15, 0.2) is 0 Å². The van der Waals surface area contributed by atoms with Crippen molar-refractivity contribution in [2.75, 3.05) is 37.0 Å². The van der Waals surface area contributed by atoms with Crippen molar-refractivity contribution in [3.05, 3.63) is 60.2 Å². The Balaban J connectivity index is 1.36. The van der Waals surface area contributed by atoms with Crippen molar-refractivity contribution in [3.63, 3.8) is 0 Å². The number of unbranched alkanes of at least 4 members (excludes halogenated alkanes) is 1. The molecule has 2 amide bonds. The molecule has 0 bridgehead atoms. The molecule has 0 aromatic heterocycles. The van der Waals surface area contributed by atoms with Crippen LogP contribution in [0.25, 0.3) is 10.8 Å². The van der Waals surface area contributed by atoms with Crippen LogP contribution in [0.2, 0.25) is 0 Å². The smallest absolute Gasteiger partial charge is 0.258 e. The first-order valence-electron chi connectivity index (χ1n) is 12.7. The molecule has 37 heavy (non-hydrogen) atoms. The molecule has 1 N–H and O–H groups in total. The zero-order valence-corrected chi connectivity index (χ0v) is 21.9. The fourth-order valence-corrected chi connectivity index (χ4v) is 6.72. The Morgan fingerprint density at radius 2 is 1.89 bits per heavy atom. The second-order valence-electron chi connectivity index (χ2n) is 9.54. The highest BCUT2D eigenvalue weighted by atomic mass is 32.2. The summed E-state index contributed by atoms with van der Waals surface area (Å²) in [6.07, 6.45) is 3.10. The summed E-state index contributed by atoms with van der Waals surface area (Å²) in [5.74, 6) is -0.130. The highest BCUT2D eigenvalue weighted by Gasteiger charge is 2.34. The van der Waals surface area contributed by atoms with Gasteiger partial charge in [0.25, 0.3) is 5.91 Å². The van der Waals surface area contributed by atoms with Crippen molar-refractivity contribution >= 4 is 44.0 Å². The number of nitrogens with one attached hydrogen (secondary N) is 1. The van der Waals surface area contributed by atoms with Crippen LogP contribution in [-0.2, 0) is 14.8 Å². The molecule has 0 spiro atoms. The number of rotatable bonds is 8. The van der Waals surface area contributed by atoms with E-state index in [0.717, 1.165) is 29.3 Å². The number of carbonyl (C=O) groups excluding carboxylic acids is 2. The summed E-state index contributed by atoms with van der Waals surface area (Å²) in [7, 11) is -2.20. The van der Waals surface area contributed by atoms with E-state index >= 15 is 0 Å². The fraction of sp³-hybridized carbons (Fsp3) is 0.357.